The molecule has 17 heavy (non-hydrogen) atoms. The summed E-state index contributed by atoms with van der Waals surface area (Å²) in [5.74, 6) is 1.16. The Hall–Kier alpha value is -2.12. The second kappa shape index (κ2) is 9.13. The minimum absolute atomic E-state index is 0.577. The fourth-order valence-electron chi connectivity index (χ4n) is 0.792. The Morgan fingerprint density at radius 2 is 1.47 bits per heavy atom. The summed E-state index contributed by atoms with van der Waals surface area (Å²) in [6, 6.07) is 0. The molecule has 0 aromatic carbocycles. The summed E-state index contributed by atoms with van der Waals surface area (Å²) in [4.78, 5) is 7.81. The van der Waals surface area contributed by atoms with Crippen molar-refractivity contribution in [2.24, 2.45) is 20.2 Å². The van der Waals surface area contributed by atoms with Crippen LogP contribution < -0.4 is 21.5 Å². The predicted molar refractivity (Wildman–Crippen MR) is 72.7 cm³/mol. The molecule has 0 saturated carbocycles. The Kier molecular flexibility index (Phi) is 7.99. The number of hydrazone groups is 2. The number of hydrogen-bond acceptors (Lipinski definition) is 4. The van der Waals surface area contributed by atoms with Gasteiger partial charge in [0.05, 0.1) is 11.9 Å². The maximum Gasteiger partial charge on any atom is 0.211 e. The molecule has 96 valence electrons. The summed E-state index contributed by atoms with van der Waals surface area (Å²) in [5, 5.41) is 13.7. The van der Waals surface area contributed by atoms with E-state index in [-0.39, 0.29) is 0 Å². The third kappa shape index (κ3) is 6.88. The summed E-state index contributed by atoms with van der Waals surface area (Å²) in [6.45, 7) is 1.81. The van der Waals surface area contributed by atoms with Crippen LogP contribution >= 0.6 is 0 Å². The number of nitrogens with zero attached hydrogens (tertiary/aromatic N) is 4. The maximum absolute atomic E-state index is 4.04. The average molecular weight is 240 g/mol. The van der Waals surface area contributed by atoms with Crippen molar-refractivity contribution in [2.75, 3.05) is 28.2 Å². The van der Waals surface area contributed by atoms with E-state index in [0.717, 1.165) is 0 Å². The van der Waals surface area contributed by atoms with Crippen LogP contribution in [0.1, 0.15) is 6.92 Å². The lowest BCUT2D eigenvalue weighted by Gasteiger charge is -2.03. The molecule has 8 nitrogen and oxygen atoms in total. The van der Waals surface area contributed by atoms with Crippen molar-refractivity contribution < 1.29 is 0 Å². The van der Waals surface area contributed by atoms with Crippen molar-refractivity contribution in [2.45, 2.75) is 6.92 Å². The Morgan fingerprint density at radius 1 is 0.941 bits per heavy atom. The normalized spacial score (nSPS) is 13.8. The first-order chi connectivity index (χ1) is 8.17. The highest BCUT2D eigenvalue weighted by Crippen LogP contribution is 1.72. The largest absolute Gasteiger partial charge is 0.358 e. The quantitative estimate of drug-likeness (QED) is 0.287. The standard InChI is InChI=1S/C9H20N8/c1-7(15-17-9(12-4)13-5)6-14-16-8(10-2)11-3/h6H,1-5H3,(H2,10,11,16)(H2,12,13,17)/b14-6+,15-7+. The van der Waals surface area contributed by atoms with Gasteiger partial charge >= 0.3 is 0 Å². The Morgan fingerprint density at radius 3 is 1.94 bits per heavy atom. The Bertz CT molecular complexity index is 328. The molecule has 0 fully saturated rings. The van der Waals surface area contributed by atoms with E-state index in [1.807, 2.05) is 6.92 Å². The zero-order valence-electron chi connectivity index (χ0n) is 10.9. The molecule has 0 heterocycles. The van der Waals surface area contributed by atoms with Gasteiger partial charge in [-0.25, -0.2) is 10.9 Å². The van der Waals surface area contributed by atoms with Crippen LogP contribution in [0.2, 0.25) is 0 Å². The molecule has 0 unspecified atom stereocenters. The lowest BCUT2D eigenvalue weighted by molar-refractivity contribution is 0.934. The molecule has 0 aromatic rings. The molecule has 0 atom stereocenters. The van der Waals surface area contributed by atoms with Crippen LogP contribution in [-0.2, 0) is 0 Å². The highest BCUT2D eigenvalue weighted by Gasteiger charge is 1.91. The van der Waals surface area contributed by atoms with Crippen molar-refractivity contribution in [3.63, 3.8) is 0 Å². The number of guanidine groups is 2. The van der Waals surface area contributed by atoms with Gasteiger partial charge in [-0.05, 0) is 6.92 Å². The van der Waals surface area contributed by atoms with E-state index in [4.69, 9.17) is 0 Å². The van der Waals surface area contributed by atoms with Gasteiger partial charge in [0.15, 0.2) is 0 Å². The van der Waals surface area contributed by atoms with Gasteiger partial charge in [-0.1, -0.05) is 0 Å². The first-order valence-electron chi connectivity index (χ1n) is 5.06. The minimum atomic E-state index is 0.577. The van der Waals surface area contributed by atoms with Gasteiger partial charge in [0.25, 0.3) is 0 Å². The zero-order chi connectivity index (χ0) is 13.1. The van der Waals surface area contributed by atoms with Gasteiger partial charge in [0, 0.05) is 28.2 Å². The molecule has 0 aromatic heterocycles. The van der Waals surface area contributed by atoms with Gasteiger partial charge in [0.1, 0.15) is 0 Å². The van der Waals surface area contributed by atoms with Crippen LogP contribution in [0.25, 0.3) is 0 Å². The Balaban J connectivity index is 4.20. The molecule has 0 saturated heterocycles. The first-order valence-corrected chi connectivity index (χ1v) is 5.06. The number of nitrogens with one attached hydrogen (secondary N) is 4. The van der Waals surface area contributed by atoms with Gasteiger partial charge in [-0.15, -0.1) is 0 Å². The molecule has 0 spiro atoms. The molecule has 0 radical (unpaired) electrons. The molecule has 0 amide bonds. The van der Waals surface area contributed by atoms with Crippen LogP contribution in [0.4, 0.5) is 0 Å². The number of hydrogen-bond donors (Lipinski definition) is 4. The lowest BCUT2D eigenvalue weighted by Crippen LogP contribution is -2.32. The number of aliphatic imine (C=N–C) groups is 2. The van der Waals surface area contributed by atoms with E-state index in [9.17, 15) is 0 Å². The molecule has 8 heteroatoms. The van der Waals surface area contributed by atoms with Gasteiger partial charge in [-0.3, -0.25) is 9.98 Å². The molecule has 0 aliphatic carbocycles. The van der Waals surface area contributed by atoms with Crippen LogP contribution in [0.3, 0.4) is 0 Å². The molecular formula is C9H20N8. The summed E-state index contributed by atoms with van der Waals surface area (Å²) < 4.78 is 0. The molecule has 0 aliphatic heterocycles. The molecular weight excluding hydrogens is 220 g/mol. The van der Waals surface area contributed by atoms with Crippen molar-refractivity contribution in [3.05, 3.63) is 0 Å². The SMILES string of the molecule is CN=C(NC)N/N=C/C(C)=N/NC(=NC)NC. The van der Waals surface area contributed by atoms with Crippen LogP contribution in [-0.4, -0.2) is 52.0 Å². The van der Waals surface area contributed by atoms with Crippen molar-refractivity contribution >= 4 is 23.8 Å². The van der Waals surface area contributed by atoms with E-state index < -0.39 is 0 Å². The predicted octanol–water partition coefficient (Wildman–Crippen LogP) is -1.06. The van der Waals surface area contributed by atoms with Gasteiger partial charge in [-0.2, -0.15) is 10.2 Å². The van der Waals surface area contributed by atoms with Gasteiger partial charge in [0.2, 0.25) is 11.9 Å². The lowest BCUT2D eigenvalue weighted by atomic mass is 10.5. The third-order valence-corrected chi connectivity index (χ3v) is 1.68. The second-order valence-electron chi connectivity index (χ2n) is 2.88. The molecule has 0 rings (SSSR count). The van der Waals surface area contributed by atoms with Crippen LogP contribution in [0, 0.1) is 0 Å². The third-order valence-electron chi connectivity index (χ3n) is 1.68. The molecule has 0 bridgehead atoms. The van der Waals surface area contributed by atoms with Crippen molar-refractivity contribution in [3.8, 4) is 0 Å². The fraction of sp³-hybridized carbons (Fsp3) is 0.556. The van der Waals surface area contributed by atoms with Crippen LogP contribution in [0.15, 0.2) is 20.2 Å². The van der Waals surface area contributed by atoms with E-state index in [1.165, 1.54) is 0 Å². The maximum atomic E-state index is 4.04. The summed E-state index contributed by atoms with van der Waals surface area (Å²) in [5.41, 5.74) is 6.16. The summed E-state index contributed by atoms with van der Waals surface area (Å²) in [6.07, 6.45) is 1.57. The minimum Gasteiger partial charge on any atom is -0.358 e. The first kappa shape index (κ1) is 14.9. The molecule has 4 N–H and O–H groups in total. The summed E-state index contributed by atoms with van der Waals surface area (Å²) in [7, 11) is 6.83. The average Bonchev–Trinajstić information content (AvgIpc) is 2.36. The Labute approximate surface area is 101 Å². The highest BCUT2D eigenvalue weighted by atomic mass is 15.4. The molecule has 0 aliphatic rings. The van der Waals surface area contributed by atoms with E-state index in [0.29, 0.717) is 17.6 Å². The topological polar surface area (TPSA) is 97.6 Å². The number of rotatable bonds is 3. The van der Waals surface area contributed by atoms with E-state index in [2.05, 4.69) is 41.7 Å². The smallest absolute Gasteiger partial charge is 0.211 e. The zero-order valence-corrected chi connectivity index (χ0v) is 10.9. The van der Waals surface area contributed by atoms with Crippen molar-refractivity contribution in [1.82, 2.24) is 21.5 Å². The second-order valence-corrected chi connectivity index (χ2v) is 2.88. The monoisotopic (exact) mass is 240 g/mol. The van der Waals surface area contributed by atoms with Crippen molar-refractivity contribution in [1.29, 1.82) is 0 Å². The van der Waals surface area contributed by atoms with Gasteiger partial charge < -0.3 is 10.6 Å². The highest BCUT2D eigenvalue weighted by molar-refractivity contribution is 6.29. The van der Waals surface area contributed by atoms with E-state index >= 15 is 0 Å². The summed E-state index contributed by atoms with van der Waals surface area (Å²) >= 11 is 0. The van der Waals surface area contributed by atoms with Crippen LogP contribution in [0.5, 0.6) is 0 Å². The van der Waals surface area contributed by atoms with E-state index in [1.54, 1.807) is 34.4 Å². The fourth-order valence-corrected chi connectivity index (χ4v) is 0.792.